The fraction of sp³-hybridized carbons (Fsp3) is 0.421. The van der Waals surface area contributed by atoms with Crippen LogP contribution in [0, 0.1) is 5.92 Å². The number of unbranched alkanes of at least 4 members (excludes halogenated alkanes) is 1. The number of hydrogen-bond donors (Lipinski definition) is 2. The van der Waals surface area contributed by atoms with Gasteiger partial charge < -0.3 is 15.4 Å². The average Bonchev–Trinajstić information content (AvgIpc) is 2.66. The van der Waals surface area contributed by atoms with Gasteiger partial charge in [0, 0.05) is 13.6 Å². The highest BCUT2D eigenvalue weighted by Gasteiger charge is 2.31. The molecule has 8 heteroatoms. The molecular weight excluding hydrogens is 348 g/mol. The number of amides is 1. The molecule has 1 amide bonds. The Labute approximate surface area is 156 Å². The lowest BCUT2D eigenvalue weighted by Gasteiger charge is -2.28. The Morgan fingerprint density at radius 3 is 2.85 bits per heavy atom. The van der Waals surface area contributed by atoms with E-state index in [0.29, 0.717) is 13.0 Å². The van der Waals surface area contributed by atoms with Crippen molar-refractivity contribution in [3.05, 3.63) is 50.7 Å². The van der Waals surface area contributed by atoms with Gasteiger partial charge in [0.2, 0.25) is 5.91 Å². The van der Waals surface area contributed by atoms with Crippen molar-refractivity contribution < 1.29 is 9.53 Å². The van der Waals surface area contributed by atoms with Crippen LogP contribution in [0.15, 0.2) is 33.9 Å². The molecule has 3 rings (SSSR count). The molecule has 2 aromatic rings. The number of aromatic nitrogens is 2. The minimum Gasteiger partial charge on any atom is -0.492 e. The fourth-order valence-electron chi connectivity index (χ4n) is 3.31. The molecule has 0 fully saturated rings. The Balaban J connectivity index is 1.89. The highest BCUT2D eigenvalue weighted by Crippen LogP contribution is 2.28. The van der Waals surface area contributed by atoms with Crippen molar-refractivity contribution in [2.24, 2.45) is 5.92 Å². The van der Waals surface area contributed by atoms with Gasteiger partial charge >= 0.3 is 5.69 Å². The summed E-state index contributed by atoms with van der Waals surface area (Å²) in [6.07, 6.45) is 2.13. The lowest BCUT2D eigenvalue weighted by atomic mass is 9.95. The highest BCUT2D eigenvalue weighted by atomic mass is 16.5. The third-order valence-corrected chi connectivity index (χ3v) is 4.84. The first-order chi connectivity index (χ1) is 12.9. The van der Waals surface area contributed by atoms with E-state index in [2.05, 4.69) is 4.98 Å². The molecule has 0 spiro atoms. The highest BCUT2D eigenvalue weighted by molar-refractivity contribution is 5.97. The van der Waals surface area contributed by atoms with E-state index >= 15 is 0 Å². The zero-order valence-corrected chi connectivity index (χ0v) is 15.5. The van der Waals surface area contributed by atoms with Gasteiger partial charge in [0.25, 0.3) is 5.56 Å². The first-order valence-corrected chi connectivity index (χ1v) is 9.04. The van der Waals surface area contributed by atoms with E-state index in [-0.39, 0.29) is 24.0 Å². The molecule has 0 radical (unpaired) electrons. The summed E-state index contributed by atoms with van der Waals surface area (Å²) in [4.78, 5) is 40.9. The minimum atomic E-state index is -0.668. The van der Waals surface area contributed by atoms with Crippen LogP contribution in [0.2, 0.25) is 0 Å². The third-order valence-electron chi connectivity index (χ3n) is 4.84. The number of aromatic amines is 1. The van der Waals surface area contributed by atoms with Crippen molar-refractivity contribution in [3.8, 4) is 5.75 Å². The maximum atomic E-state index is 13.0. The number of ether oxygens (including phenoxy) is 1. The van der Waals surface area contributed by atoms with E-state index in [0.717, 1.165) is 24.2 Å². The molecule has 2 heterocycles. The zero-order chi connectivity index (χ0) is 19.6. The maximum absolute atomic E-state index is 13.0. The monoisotopic (exact) mass is 372 g/mol. The van der Waals surface area contributed by atoms with Gasteiger partial charge in [-0.3, -0.25) is 19.1 Å². The molecule has 144 valence electrons. The number of H-pyrrole nitrogens is 1. The number of rotatable bonds is 5. The summed E-state index contributed by atoms with van der Waals surface area (Å²) < 4.78 is 6.98. The van der Waals surface area contributed by atoms with Crippen molar-refractivity contribution in [2.45, 2.75) is 32.7 Å². The summed E-state index contributed by atoms with van der Waals surface area (Å²) in [6, 6.07) is 7.56. The van der Waals surface area contributed by atoms with Crippen LogP contribution in [-0.2, 0) is 17.8 Å². The molecule has 27 heavy (non-hydrogen) atoms. The van der Waals surface area contributed by atoms with Crippen LogP contribution >= 0.6 is 0 Å². The standard InChI is InChI=1S/C19H24N4O4/c1-3-4-9-23-16(20)15(17(24)21-19(23)26)22(2)18(25)13-10-12-7-5-6-8-14(12)27-11-13/h5-8,13H,3-4,9-11,20H2,1-2H3,(H,21,24,26). The number of nitrogens with one attached hydrogen (secondary N) is 1. The van der Waals surface area contributed by atoms with Gasteiger partial charge in [-0.25, -0.2) is 4.79 Å². The molecule has 1 atom stereocenters. The average molecular weight is 372 g/mol. The number of hydrogen-bond acceptors (Lipinski definition) is 5. The number of fused-ring (bicyclic) bond motifs is 1. The fourth-order valence-corrected chi connectivity index (χ4v) is 3.31. The molecule has 1 aliphatic heterocycles. The number of carbonyl (C=O) groups is 1. The summed E-state index contributed by atoms with van der Waals surface area (Å²) in [5.41, 5.74) is 5.80. The SMILES string of the molecule is CCCCn1c(N)c(N(C)C(=O)C2COc3ccccc3C2)c(=O)[nH]c1=O. The Hall–Kier alpha value is -3.03. The quantitative estimate of drug-likeness (QED) is 0.817. The van der Waals surface area contributed by atoms with E-state index in [1.807, 2.05) is 31.2 Å². The van der Waals surface area contributed by atoms with Crippen LogP contribution in [0.1, 0.15) is 25.3 Å². The van der Waals surface area contributed by atoms with Crippen LogP contribution in [0.5, 0.6) is 5.75 Å². The third kappa shape index (κ3) is 3.60. The van der Waals surface area contributed by atoms with E-state index in [1.54, 1.807) is 0 Å². The van der Waals surface area contributed by atoms with Crippen LogP contribution in [0.3, 0.4) is 0 Å². The first-order valence-electron chi connectivity index (χ1n) is 9.04. The molecular formula is C19H24N4O4. The van der Waals surface area contributed by atoms with Gasteiger partial charge in [0.05, 0.1) is 5.92 Å². The number of carbonyl (C=O) groups excluding carboxylic acids is 1. The predicted octanol–water partition coefficient (Wildman–Crippen LogP) is 1.13. The molecule has 0 saturated carbocycles. The van der Waals surface area contributed by atoms with E-state index in [9.17, 15) is 14.4 Å². The van der Waals surface area contributed by atoms with Gasteiger partial charge in [-0.2, -0.15) is 0 Å². The van der Waals surface area contributed by atoms with Crippen molar-refractivity contribution >= 4 is 17.4 Å². The summed E-state index contributed by atoms with van der Waals surface area (Å²) in [6.45, 7) is 2.60. The van der Waals surface area contributed by atoms with E-state index < -0.39 is 17.2 Å². The van der Waals surface area contributed by atoms with Gasteiger partial charge in [-0.15, -0.1) is 0 Å². The van der Waals surface area contributed by atoms with E-state index in [4.69, 9.17) is 10.5 Å². The molecule has 3 N–H and O–H groups in total. The topological polar surface area (TPSA) is 110 Å². The Morgan fingerprint density at radius 1 is 1.37 bits per heavy atom. The molecule has 1 unspecified atom stereocenters. The molecule has 0 bridgehead atoms. The molecule has 0 saturated heterocycles. The van der Waals surface area contributed by atoms with Crippen molar-refractivity contribution in [3.63, 3.8) is 0 Å². The Morgan fingerprint density at radius 2 is 2.11 bits per heavy atom. The summed E-state index contributed by atoms with van der Waals surface area (Å²) >= 11 is 0. The summed E-state index contributed by atoms with van der Waals surface area (Å²) in [5, 5.41) is 0. The second kappa shape index (κ2) is 7.69. The molecule has 1 aliphatic rings. The second-order valence-corrected chi connectivity index (χ2v) is 6.72. The van der Waals surface area contributed by atoms with Crippen LogP contribution in [0.25, 0.3) is 0 Å². The minimum absolute atomic E-state index is 0.00479. The second-order valence-electron chi connectivity index (χ2n) is 6.72. The number of anilines is 2. The van der Waals surface area contributed by atoms with Crippen molar-refractivity contribution in [1.29, 1.82) is 0 Å². The number of benzene rings is 1. The number of nitrogens with zero attached hydrogens (tertiary/aromatic N) is 2. The molecule has 0 aliphatic carbocycles. The lowest BCUT2D eigenvalue weighted by Crippen LogP contribution is -2.43. The van der Waals surface area contributed by atoms with Crippen molar-refractivity contribution in [2.75, 3.05) is 24.3 Å². The summed E-state index contributed by atoms with van der Waals surface area (Å²) in [5.74, 6) is 0.0713. The van der Waals surface area contributed by atoms with E-state index in [1.165, 1.54) is 16.5 Å². The smallest absolute Gasteiger partial charge is 0.330 e. The maximum Gasteiger partial charge on any atom is 0.330 e. The Bertz CT molecular complexity index is 963. The number of nitrogens with two attached hydrogens (primary N) is 1. The predicted molar refractivity (Wildman–Crippen MR) is 103 cm³/mol. The molecule has 1 aromatic heterocycles. The lowest BCUT2D eigenvalue weighted by molar-refractivity contribution is -0.123. The number of nitrogen functional groups attached to an aromatic ring is 1. The normalized spacial score (nSPS) is 15.7. The van der Waals surface area contributed by atoms with Crippen LogP contribution in [-0.4, -0.2) is 29.1 Å². The summed E-state index contributed by atoms with van der Waals surface area (Å²) in [7, 11) is 1.50. The van der Waals surface area contributed by atoms with Crippen LogP contribution in [0.4, 0.5) is 11.5 Å². The van der Waals surface area contributed by atoms with Crippen LogP contribution < -0.4 is 26.6 Å². The zero-order valence-electron chi connectivity index (χ0n) is 15.5. The largest absolute Gasteiger partial charge is 0.492 e. The van der Waals surface area contributed by atoms with Gasteiger partial charge in [0.15, 0.2) is 5.69 Å². The molecule has 8 nitrogen and oxygen atoms in total. The van der Waals surface area contributed by atoms with Gasteiger partial charge in [0.1, 0.15) is 18.2 Å². The number of para-hydroxylation sites is 1. The first kappa shape index (κ1) is 18.8. The van der Waals surface area contributed by atoms with Gasteiger partial charge in [-0.1, -0.05) is 31.5 Å². The Kier molecular flexibility index (Phi) is 5.34. The van der Waals surface area contributed by atoms with Gasteiger partial charge in [-0.05, 0) is 24.5 Å². The van der Waals surface area contributed by atoms with Crippen molar-refractivity contribution in [1.82, 2.24) is 9.55 Å². The molecule has 1 aromatic carbocycles.